The van der Waals surface area contributed by atoms with E-state index < -0.39 is 5.60 Å². The van der Waals surface area contributed by atoms with E-state index in [-0.39, 0.29) is 23.9 Å². The summed E-state index contributed by atoms with van der Waals surface area (Å²) in [6.45, 7) is 3.15. The van der Waals surface area contributed by atoms with Crippen molar-refractivity contribution in [3.63, 3.8) is 0 Å². The van der Waals surface area contributed by atoms with Crippen LogP contribution in [-0.2, 0) is 11.3 Å². The zero-order valence-corrected chi connectivity index (χ0v) is 20.4. The Hall–Kier alpha value is -3.36. The summed E-state index contributed by atoms with van der Waals surface area (Å²) >= 11 is 1.14. The first-order valence-corrected chi connectivity index (χ1v) is 12.7. The first-order chi connectivity index (χ1) is 16.9. The van der Waals surface area contributed by atoms with E-state index >= 15 is 0 Å². The van der Waals surface area contributed by atoms with E-state index in [4.69, 9.17) is 0 Å². The van der Waals surface area contributed by atoms with Crippen molar-refractivity contribution in [2.75, 3.05) is 13.1 Å². The van der Waals surface area contributed by atoms with Crippen LogP contribution in [0.2, 0.25) is 0 Å². The molecule has 2 aromatic heterocycles. The molecule has 0 unspecified atom stereocenters. The third-order valence-corrected chi connectivity index (χ3v) is 7.68. The predicted octanol–water partition coefficient (Wildman–Crippen LogP) is 4.07. The van der Waals surface area contributed by atoms with Crippen LogP contribution in [0.25, 0.3) is 21.5 Å². The maximum atomic E-state index is 13.1. The Morgan fingerprint density at radius 2 is 1.74 bits per heavy atom. The zero-order chi connectivity index (χ0) is 24.4. The fourth-order valence-corrected chi connectivity index (χ4v) is 5.50. The number of benzene rings is 2. The van der Waals surface area contributed by atoms with Gasteiger partial charge < -0.3 is 10.0 Å². The van der Waals surface area contributed by atoms with E-state index in [2.05, 4.69) is 16.3 Å². The van der Waals surface area contributed by atoms with Gasteiger partial charge in [0.15, 0.2) is 0 Å². The number of fused-ring (bicyclic) bond motifs is 1. The average Bonchev–Trinajstić information content (AvgIpc) is 3.32. The molecule has 180 valence electrons. The molecule has 1 N–H and O–H groups in total. The van der Waals surface area contributed by atoms with Crippen LogP contribution in [0, 0.1) is 0 Å². The van der Waals surface area contributed by atoms with E-state index in [9.17, 15) is 14.7 Å². The zero-order valence-electron chi connectivity index (χ0n) is 19.6. The molecule has 35 heavy (non-hydrogen) atoms. The van der Waals surface area contributed by atoms with Gasteiger partial charge in [-0.3, -0.25) is 14.2 Å². The normalized spacial score (nSPS) is 16.3. The van der Waals surface area contributed by atoms with Gasteiger partial charge in [-0.05, 0) is 35.9 Å². The lowest BCUT2D eigenvalue weighted by molar-refractivity contribution is -0.136. The molecule has 0 bridgehead atoms. The van der Waals surface area contributed by atoms with Crippen molar-refractivity contribution in [1.29, 1.82) is 0 Å². The summed E-state index contributed by atoms with van der Waals surface area (Å²) in [5.41, 5.74) is 2.09. The number of nitrogens with zero attached hydrogens (tertiary/aromatic N) is 4. The van der Waals surface area contributed by atoms with Crippen LogP contribution in [0.5, 0.6) is 0 Å². The lowest BCUT2D eigenvalue weighted by Crippen LogP contribution is -2.49. The molecule has 1 saturated heterocycles. The number of carbonyl (C=O) groups is 1. The van der Waals surface area contributed by atoms with E-state index in [0.717, 1.165) is 22.7 Å². The monoisotopic (exact) mass is 488 g/mol. The number of hydrogen-bond acceptors (Lipinski definition) is 6. The van der Waals surface area contributed by atoms with Gasteiger partial charge in [0.1, 0.15) is 15.9 Å². The van der Waals surface area contributed by atoms with Crippen molar-refractivity contribution in [2.24, 2.45) is 0 Å². The van der Waals surface area contributed by atoms with Crippen molar-refractivity contribution in [3.8, 4) is 11.3 Å². The molecule has 1 amide bonds. The van der Waals surface area contributed by atoms with Crippen LogP contribution in [0.4, 0.5) is 0 Å². The summed E-state index contributed by atoms with van der Waals surface area (Å²) in [7, 11) is 0. The molecule has 1 fully saturated rings. The minimum Gasteiger partial charge on any atom is -0.388 e. The number of hydrogen-bond donors (Lipinski definition) is 1. The summed E-state index contributed by atoms with van der Waals surface area (Å²) in [4.78, 5) is 32.3. The molecular formula is C27H28N4O3S. The summed E-state index contributed by atoms with van der Waals surface area (Å²) in [6, 6.07) is 19.7. The van der Waals surface area contributed by atoms with Gasteiger partial charge in [0.25, 0.3) is 5.56 Å². The summed E-state index contributed by atoms with van der Waals surface area (Å²) in [5, 5.41) is 11.2. The van der Waals surface area contributed by atoms with Crippen LogP contribution in [0.15, 0.2) is 71.8 Å². The van der Waals surface area contributed by atoms with E-state index in [1.165, 1.54) is 10.9 Å². The molecule has 1 aliphatic heterocycles. The van der Waals surface area contributed by atoms with Gasteiger partial charge in [-0.25, -0.2) is 4.98 Å². The first-order valence-electron chi connectivity index (χ1n) is 11.9. The minimum absolute atomic E-state index is 0.0988. The molecule has 2 aromatic carbocycles. The predicted molar refractivity (Wildman–Crippen MR) is 137 cm³/mol. The molecule has 0 aliphatic carbocycles. The fourth-order valence-electron chi connectivity index (χ4n) is 4.69. The molecule has 8 heteroatoms. The summed E-state index contributed by atoms with van der Waals surface area (Å²) in [5.74, 6) is 0.239. The van der Waals surface area contributed by atoms with Crippen LogP contribution in [0.1, 0.15) is 37.7 Å². The lowest BCUT2D eigenvalue weighted by Gasteiger charge is -2.38. The van der Waals surface area contributed by atoms with Gasteiger partial charge in [0, 0.05) is 25.1 Å². The van der Waals surface area contributed by atoms with Gasteiger partial charge in [-0.2, -0.15) is 4.37 Å². The second kappa shape index (κ2) is 9.71. The maximum Gasteiger partial charge on any atom is 0.273 e. The van der Waals surface area contributed by atoms with Crippen LogP contribution in [0.3, 0.4) is 0 Å². The fraction of sp³-hybridized carbons (Fsp3) is 0.333. The van der Waals surface area contributed by atoms with E-state index in [1.807, 2.05) is 65.6 Å². The van der Waals surface area contributed by atoms with Gasteiger partial charge >= 0.3 is 0 Å². The highest BCUT2D eigenvalue weighted by molar-refractivity contribution is 7.13. The molecule has 0 radical (unpaired) electrons. The number of aliphatic hydroxyl groups is 1. The van der Waals surface area contributed by atoms with Crippen LogP contribution < -0.4 is 5.56 Å². The SMILES string of the molecule is C[C@H](CC(=O)N1CCC(O)(Cn2cnc3c(-c4ccccc4)nsc3c2=O)CC1)c1ccccc1. The summed E-state index contributed by atoms with van der Waals surface area (Å²) < 4.78 is 6.43. The Balaban J connectivity index is 1.25. The summed E-state index contributed by atoms with van der Waals surface area (Å²) in [6.07, 6.45) is 2.78. The number of aromatic nitrogens is 3. The Kier molecular flexibility index (Phi) is 6.49. The van der Waals surface area contributed by atoms with Gasteiger partial charge in [0.05, 0.1) is 18.5 Å². The number of likely N-dealkylation sites (tertiary alicyclic amines) is 1. The standard InChI is InChI=1S/C27H28N4O3S/c1-19(20-8-4-2-5-9-20)16-22(32)30-14-12-27(34,13-15-30)17-31-18-28-24-23(21-10-6-3-7-11-21)29-35-25(24)26(31)33/h2-11,18-19,34H,12-17H2,1H3/t19-/m1/s1. The van der Waals surface area contributed by atoms with E-state index in [1.54, 1.807) is 0 Å². The van der Waals surface area contributed by atoms with Gasteiger partial charge in [-0.15, -0.1) is 0 Å². The van der Waals surface area contributed by atoms with Crippen molar-refractivity contribution < 1.29 is 9.90 Å². The Morgan fingerprint density at radius 1 is 1.09 bits per heavy atom. The lowest BCUT2D eigenvalue weighted by atomic mass is 9.90. The quantitative estimate of drug-likeness (QED) is 0.442. The first kappa shape index (κ1) is 23.4. The van der Waals surface area contributed by atoms with Crippen molar-refractivity contribution in [3.05, 3.63) is 82.9 Å². The molecule has 7 nitrogen and oxygen atoms in total. The molecule has 3 heterocycles. The topological polar surface area (TPSA) is 88.3 Å². The second-order valence-electron chi connectivity index (χ2n) is 9.37. The molecule has 4 aromatic rings. The molecule has 5 rings (SSSR count). The second-order valence-corrected chi connectivity index (χ2v) is 10.1. The number of piperidine rings is 1. The number of carbonyl (C=O) groups excluding carboxylic acids is 1. The smallest absolute Gasteiger partial charge is 0.273 e. The van der Waals surface area contributed by atoms with Crippen molar-refractivity contribution in [1.82, 2.24) is 18.8 Å². The number of amides is 1. The highest BCUT2D eigenvalue weighted by atomic mass is 32.1. The third-order valence-electron chi connectivity index (χ3n) is 6.86. The molecule has 1 aliphatic rings. The Bertz CT molecular complexity index is 1380. The largest absolute Gasteiger partial charge is 0.388 e. The van der Waals surface area contributed by atoms with Gasteiger partial charge in [-0.1, -0.05) is 67.6 Å². The minimum atomic E-state index is -1.06. The van der Waals surface area contributed by atoms with E-state index in [0.29, 0.717) is 48.3 Å². The third kappa shape index (κ3) is 4.90. The highest BCUT2D eigenvalue weighted by Crippen LogP contribution is 2.29. The molecule has 0 spiro atoms. The maximum absolute atomic E-state index is 13.1. The van der Waals surface area contributed by atoms with Crippen molar-refractivity contribution in [2.45, 2.75) is 44.2 Å². The highest BCUT2D eigenvalue weighted by Gasteiger charge is 2.35. The Morgan fingerprint density at radius 3 is 2.43 bits per heavy atom. The van der Waals surface area contributed by atoms with Crippen LogP contribution >= 0.6 is 11.5 Å². The van der Waals surface area contributed by atoms with Gasteiger partial charge in [0.2, 0.25) is 5.91 Å². The molecular weight excluding hydrogens is 460 g/mol. The average molecular weight is 489 g/mol. The van der Waals surface area contributed by atoms with Crippen molar-refractivity contribution >= 4 is 27.7 Å². The van der Waals surface area contributed by atoms with Crippen LogP contribution in [-0.4, -0.2) is 48.5 Å². The molecule has 0 saturated carbocycles. The number of rotatable bonds is 6. The Labute approximate surface area is 207 Å². The molecule has 1 atom stereocenters.